The SMILES string of the molecule is CC(=O)N1CCN(CC2(O)CCOCC2)CC(C(N)=O)C1. The van der Waals surface area contributed by atoms with Gasteiger partial charge in [0.1, 0.15) is 0 Å². The fraction of sp³-hybridized carbons (Fsp3) is 0.857. The predicted octanol–water partition coefficient (Wildman–Crippen LogP) is -1.21. The molecule has 0 spiro atoms. The summed E-state index contributed by atoms with van der Waals surface area (Å²) < 4.78 is 5.28. The van der Waals surface area contributed by atoms with Crippen molar-refractivity contribution < 1.29 is 19.4 Å². The molecule has 1 atom stereocenters. The number of carbonyl (C=O) groups is 2. The van der Waals surface area contributed by atoms with Gasteiger partial charge in [0.25, 0.3) is 0 Å². The van der Waals surface area contributed by atoms with Gasteiger partial charge in [-0.25, -0.2) is 0 Å². The van der Waals surface area contributed by atoms with Crippen molar-refractivity contribution in [1.82, 2.24) is 9.80 Å². The minimum Gasteiger partial charge on any atom is -0.388 e. The number of carbonyl (C=O) groups excluding carboxylic acids is 2. The van der Waals surface area contributed by atoms with E-state index in [0.717, 1.165) is 0 Å². The highest BCUT2D eigenvalue weighted by molar-refractivity contribution is 5.79. The van der Waals surface area contributed by atoms with Crippen LogP contribution in [0.1, 0.15) is 19.8 Å². The molecule has 1 unspecified atom stereocenters. The van der Waals surface area contributed by atoms with Gasteiger partial charge in [-0.1, -0.05) is 0 Å². The summed E-state index contributed by atoms with van der Waals surface area (Å²) in [5, 5.41) is 10.6. The van der Waals surface area contributed by atoms with E-state index in [1.807, 2.05) is 4.90 Å². The van der Waals surface area contributed by atoms with Gasteiger partial charge in [0.05, 0.1) is 11.5 Å². The molecule has 0 aromatic carbocycles. The van der Waals surface area contributed by atoms with Crippen LogP contribution >= 0.6 is 0 Å². The minimum absolute atomic E-state index is 0.0483. The lowest BCUT2D eigenvalue weighted by Crippen LogP contribution is -2.49. The van der Waals surface area contributed by atoms with Crippen molar-refractivity contribution in [3.05, 3.63) is 0 Å². The van der Waals surface area contributed by atoms with Crippen molar-refractivity contribution >= 4 is 11.8 Å². The average Bonchev–Trinajstić information content (AvgIpc) is 2.62. The van der Waals surface area contributed by atoms with Crippen LogP contribution in [0.5, 0.6) is 0 Å². The fourth-order valence-electron chi connectivity index (χ4n) is 3.02. The molecular weight excluding hydrogens is 274 g/mol. The summed E-state index contributed by atoms with van der Waals surface area (Å²) in [6.07, 6.45) is 1.20. The first-order valence-corrected chi connectivity index (χ1v) is 7.47. The number of hydrogen-bond donors (Lipinski definition) is 2. The van der Waals surface area contributed by atoms with Gasteiger partial charge in [0.2, 0.25) is 11.8 Å². The van der Waals surface area contributed by atoms with Crippen LogP contribution in [0, 0.1) is 5.92 Å². The Morgan fingerprint density at radius 1 is 1.29 bits per heavy atom. The van der Waals surface area contributed by atoms with Gasteiger partial charge in [-0.2, -0.15) is 0 Å². The van der Waals surface area contributed by atoms with Gasteiger partial charge < -0.3 is 20.5 Å². The molecule has 0 saturated carbocycles. The van der Waals surface area contributed by atoms with Crippen molar-refractivity contribution in [2.75, 3.05) is 45.9 Å². The zero-order chi connectivity index (χ0) is 15.5. The Kier molecular flexibility index (Phi) is 5.18. The molecular formula is C14H25N3O4. The summed E-state index contributed by atoms with van der Waals surface area (Å²) in [5.41, 5.74) is 4.67. The van der Waals surface area contributed by atoms with E-state index in [1.165, 1.54) is 6.92 Å². The first-order valence-electron chi connectivity index (χ1n) is 7.47. The molecule has 0 aromatic rings. The van der Waals surface area contributed by atoms with Gasteiger partial charge in [0.15, 0.2) is 0 Å². The largest absolute Gasteiger partial charge is 0.388 e. The molecule has 2 saturated heterocycles. The molecule has 2 aliphatic rings. The van der Waals surface area contributed by atoms with E-state index < -0.39 is 11.5 Å². The smallest absolute Gasteiger partial charge is 0.223 e. The van der Waals surface area contributed by atoms with Crippen LogP contribution in [0.15, 0.2) is 0 Å². The molecule has 2 rings (SSSR count). The number of aliphatic hydroxyl groups is 1. The van der Waals surface area contributed by atoms with Crippen LogP contribution in [0.2, 0.25) is 0 Å². The van der Waals surface area contributed by atoms with Gasteiger partial charge in [-0.3, -0.25) is 14.5 Å². The summed E-state index contributed by atoms with van der Waals surface area (Å²) in [6, 6.07) is 0. The van der Waals surface area contributed by atoms with Crippen LogP contribution in [0.4, 0.5) is 0 Å². The van der Waals surface area contributed by atoms with Crippen molar-refractivity contribution in [2.24, 2.45) is 11.7 Å². The molecule has 0 bridgehead atoms. The predicted molar refractivity (Wildman–Crippen MR) is 76.4 cm³/mol. The topological polar surface area (TPSA) is 96.1 Å². The van der Waals surface area contributed by atoms with Crippen molar-refractivity contribution in [3.63, 3.8) is 0 Å². The van der Waals surface area contributed by atoms with E-state index in [4.69, 9.17) is 10.5 Å². The highest BCUT2D eigenvalue weighted by Crippen LogP contribution is 2.23. The Bertz CT molecular complexity index is 396. The molecule has 2 amide bonds. The number of amides is 2. The summed E-state index contributed by atoms with van der Waals surface area (Å²) >= 11 is 0. The number of nitrogens with zero attached hydrogens (tertiary/aromatic N) is 2. The van der Waals surface area contributed by atoms with Gasteiger partial charge >= 0.3 is 0 Å². The van der Waals surface area contributed by atoms with Crippen molar-refractivity contribution in [3.8, 4) is 0 Å². The second-order valence-electron chi connectivity index (χ2n) is 6.14. The number of hydrogen-bond acceptors (Lipinski definition) is 5. The molecule has 2 heterocycles. The second-order valence-corrected chi connectivity index (χ2v) is 6.14. The highest BCUT2D eigenvalue weighted by atomic mass is 16.5. The Labute approximate surface area is 125 Å². The lowest BCUT2D eigenvalue weighted by Gasteiger charge is -2.36. The fourth-order valence-corrected chi connectivity index (χ4v) is 3.02. The molecule has 2 fully saturated rings. The number of β-amino-alcohol motifs (C(OH)–C–C–N with tert-alkyl or cyclic N) is 1. The van der Waals surface area contributed by atoms with E-state index in [2.05, 4.69) is 0 Å². The summed E-state index contributed by atoms with van der Waals surface area (Å²) in [4.78, 5) is 26.8. The zero-order valence-electron chi connectivity index (χ0n) is 12.6. The maximum absolute atomic E-state index is 11.6. The first kappa shape index (κ1) is 16.2. The molecule has 3 N–H and O–H groups in total. The molecule has 21 heavy (non-hydrogen) atoms. The molecule has 0 radical (unpaired) electrons. The van der Waals surface area contributed by atoms with E-state index in [0.29, 0.717) is 58.8 Å². The van der Waals surface area contributed by atoms with Crippen molar-refractivity contribution in [2.45, 2.75) is 25.4 Å². The van der Waals surface area contributed by atoms with E-state index in [-0.39, 0.29) is 11.8 Å². The van der Waals surface area contributed by atoms with E-state index in [9.17, 15) is 14.7 Å². The Balaban J connectivity index is 2.02. The molecule has 7 heteroatoms. The second kappa shape index (κ2) is 6.72. The number of primary amides is 1. The molecule has 0 aliphatic carbocycles. The van der Waals surface area contributed by atoms with E-state index >= 15 is 0 Å². The van der Waals surface area contributed by atoms with Crippen LogP contribution in [-0.2, 0) is 14.3 Å². The first-order chi connectivity index (χ1) is 9.89. The number of ether oxygens (including phenoxy) is 1. The molecule has 120 valence electrons. The molecule has 2 aliphatic heterocycles. The van der Waals surface area contributed by atoms with Crippen LogP contribution < -0.4 is 5.73 Å². The third-order valence-corrected chi connectivity index (χ3v) is 4.39. The third-order valence-electron chi connectivity index (χ3n) is 4.39. The summed E-state index contributed by atoms with van der Waals surface area (Å²) in [5.74, 6) is -0.833. The molecule has 7 nitrogen and oxygen atoms in total. The van der Waals surface area contributed by atoms with E-state index in [1.54, 1.807) is 4.90 Å². The Morgan fingerprint density at radius 2 is 1.95 bits per heavy atom. The van der Waals surface area contributed by atoms with Gasteiger partial charge in [-0.15, -0.1) is 0 Å². The molecule has 0 aromatic heterocycles. The maximum Gasteiger partial charge on any atom is 0.223 e. The summed E-state index contributed by atoms with van der Waals surface area (Å²) in [7, 11) is 0. The lowest BCUT2D eigenvalue weighted by atomic mass is 9.93. The van der Waals surface area contributed by atoms with Crippen LogP contribution in [0.25, 0.3) is 0 Å². The quantitative estimate of drug-likeness (QED) is 0.682. The van der Waals surface area contributed by atoms with Crippen LogP contribution in [0.3, 0.4) is 0 Å². The lowest BCUT2D eigenvalue weighted by molar-refractivity contribution is -0.130. The summed E-state index contributed by atoms with van der Waals surface area (Å²) in [6.45, 7) is 5.17. The average molecular weight is 299 g/mol. The third kappa shape index (κ3) is 4.39. The monoisotopic (exact) mass is 299 g/mol. The maximum atomic E-state index is 11.6. The van der Waals surface area contributed by atoms with Gasteiger partial charge in [-0.05, 0) is 0 Å². The number of nitrogens with two attached hydrogens (primary N) is 1. The Hall–Kier alpha value is -1.18. The zero-order valence-corrected chi connectivity index (χ0v) is 12.6. The standard InChI is InChI=1S/C14H25N3O4/c1-11(18)17-5-4-16(8-12(9-17)13(15)19)10-14(20)2-6-21-7-3-14/h12,20H,2-10H2,1H3,(H2,15,19). The van der Waals surface area contributed by atoms with Crippen molar-refractivity contribution in [1.29, 1.82) is 0 Å². The normalized spacial score (nSPS) is 27.1. The minimum atomic E-state index is -0.772. The highest BCUT2D eigenvalue weighted by Gasteiger charge is 2.35. The number of rotatable bonds is 3. The van der Waals surface area contributed by atoms with Crippen LogP contribution in [-0.4, -0.2) is 78.3 Å². The Morgan fingerprint density at radius 3 is 2.52 bits per heavy atom. The van der Waals surface area contributed by atoms with Gasteiger partial charge in [0, 0.05) is 65.7 Å².